The minimum atomic E-state index is -1.62. The maximum Gasteiger partial charge on any atom is 0.205 e. The van der Waals surface area contributed by atoms with E-state index in [0.29, 0.717) is 0 Å². The van der Waals surface area contributed by atoms with Crippen molar-refractivity contribution in [1.29, 1.82) is 0 Å². The average molecular weight is 394 g/mol. The molecular formula is C10H9BrCl3NO2S. The van der Waals surface area contributed by atoms with Crippen LogP contribution in [0.3, 0.4) is 0 Å². The highest BCUT2D eigenvalue weighted by Gasteiger charge is 2.18. The van der Waals surface area contributed by atoms with Gasteiger partial charge in [0.2, 0.25) is 6.08 Å². The molecular weight excluding hydrogens is 384 g/mol. The van der Waals surface area contributed by atoms with E-state index in [-0.39, 0.29) is 6.61 Å². The molecule has 1 unspecified atom stereocenters. The van der Waals surface area contributed by atoms with Crippen LogP contribution in [0, 0.1) is 0 Å². The third kappa shape index (κ3) is 6.38. The summed E-state index contributed by atoms with van der Waals surface area (Å²) in [6.07, 6.45) is 1.06. The Hall–Kier alpha value is 0.190. The molecule has 0 saturated heterocycles. The normalized spacial score (nSPS) is 14.4. The molecule has 0 saturated carbocycles. The molecule has 8 heteroatoms. The molecule has 0 bridgehead atoms. The molecule has 100 valence electrons. The van der Waals surface area contributed by atoms with Gasteiger partial charge in [0.25, 0.3) is 0 Å². The van der Waals surface area contributed by atoms with Crippen LogP contribution in [-0.2, 0) is 15.8 Å². The van der Waals surface area contributed by atoms with E-state index in [2.05, 4.69) is 20.3 Å². The minimum absolute atomic E-state index is 0.322. The maximum atomic E-state index is 11.4. The van der Waals surface area contributed by atoms with Crippen molar-refractivity contribution in [3.63, 3.8) is 0 Å². The van der Waals surface area contributed by atoms with Gasteiger partial charge in [-0.2, -0.15) is 0 Å². The van der Waals surface area contributed by atoms with E-state index in [1.807, 2.05) is 24.3 Å². The molecule has 0 aliphatic carbocycles. The molecule has 0 aliphatic rings. The Labute approximate surface area is 132 Å². The Bertz CT molecular complexity index is 422. The summed E-state index contributed by atoms with van der Waals surface area (Å²) in [6.45, 7) is -0.322. The standard InChI is InChI=1S/C10H9BrCl3NO2S/c1-18(8-4-2-7(11)3-5-8)15-9(16)17-6-10(12,13)14/h2-5H,6H2,1H3. The zero-order chi connectivity index (χ0) is 13.8. The summed E-state index contributed by atoms with van der Waals surface area (Å²) >= 11 is 19.1. The molecule has 0 radical (unpaired) electrons. The van der Waals surface area contributed by atoms with Gasteiger partial charge in [0, 0.05) is 11.1 Å². The van der Waals surface area contributed by atoms with Gasteiger partial charge >= 0.3 is 0 Å². The minimum Gasteiger partial charge on any atom is -0.593 e. The smallest absolute Gasteiger partial charge is 0.205 e. The lowest BCUT2D eigenvalue weighted by atomic mass is 10.4. The van der Waals surface area contributed by atoms with Gasteiger partial charge in [0.1, 0.15) is 6.26 Å². The molecule has 1 atom stereocenters. The summed E-state index contributed by atoms with van der Waals surface area (Å²) < 4.78 is 7.92. The molecule has 1 aromatic carbocycles. The van der Waals surface area contributed by atoms with Crippen LogP contribution in [0.2, 0.25) is 0 Å². The third-order valence-corrected chi connectivity index (χ3v) is 3.96. The molecule has 0 aromatic heterocycles. The van der Waals surface area contributed by atoms with Crippen LogP contribution in [-0.4, -0.2) is 22.7 Å². The highest BCUT2D eigenvalue weighted by molar-refractivity contribution is 9.10. The topological polar surface area (TPSA) is 44.7 Å². The van der Waals surface area contributed by atoms with Crippen molar-refractivity contribution in [3.05, 3.63) is 28.7 Å². The molecule has 1 rings (SSSR count). The lowest BCUT2D eigenvalue weighted by molar-refractivity contribution is -0.249. The van der Waals surface area contributed by atoms with Crippen LogP contribution in [0.25, 0.3) is 0 Å². The van der Waals surface area contributed by atoms with Crippen molar-refractivity contribution in [3.8, 4) is 0 Å². The van der Waals surface area contributed by atoms with Gasteiger partial charge in [-0.25, -0.2) is 0 Å². The van der Waals surface area contributed by atoms with Gasteiger partial charge in [0.15, 0.2) is 19.8 Å². The lowest BCUT2D eigenvalue weighted by Crippen LogP contribution is -2.27. The molecule has 0 N–H and O–H groups in total. The van der Waals surface area contributed by atoms with Gasteiger partial charge in [-0.05, 0) is 28.7 Å². The fourth-order valence-electron chi connectivity index (χ4n) is 0.966. The molecule has 1 aromatic rings. The van der Waals surface area contributed by atoms with Crippen molar-refractivity contribution < 1.29 is 9.84 Å². The molecule has 0 aliphatic heterocycles. The Balaban J connectivity index is 2.62. The van der Waals surface area contributed by atoms with Gasteiger partial charge in [-0.3, -0.25) is 0 Å². The summed E-state index contributed by atoms with van der Waals surface area (Å²) in [7, 11) is 0. The molecule has 18 heavy (non-hydrogen) atoms. The number of nitrogens with zero attached hydrogens (tertiary/aromatic N) is 1. The predicted octanol–water partition coefficient (Wildman–Crippen LogP) is 3.07. The van der Waals surface area contributed by atoms with Crippen molar-refractivity contribution in [2.24, 2.45) is 4.40 Å². The van der Waals surface area contributed by atoms with Crippen LogP contribution >= 0.6 is 50.7 Å². The first-order valence-electron chi connectivity index (χ1n) is 4.65. The Morgan fingerprint density at radius 3 is 2.44 bits per heavy atom. The van der Waals surface area contributed by atoms with E-state index >= 15 is 0 Å². The maximum absolute atomic E-state index is 11.4. The molecule has 3 nitrogen and oxygen atoms in total. The predicted molar refractivity (Wildman–Crippen MR) is 79.4 cm³/mol. The van der Waals surface area contributed by atoms with Crippen molar-refractivity contribution in [1.82, 2.24) is 0 Å². The number of alkyl halides is 3. The number of ether oxygens (including phenoxy) is 1. The monoisotopic (exact) mass is 391 g/mol. The largest absolute Gasteiger partial charge is 0.593 e. The zero-order valence-corrected chi connectivity index (χ0v) is 13.9. The second kappa shape index (κ2) is 7.10. The number of rotatable bonds is 3. The first-order valence-corrected chi connectivity index (χ1v) is 8.16. The number of hydrogen-bond acceptors (Lipinski definition) is 3. The van der Waals surface area contributed by atoms with Gasteiger partial charge in [-0.1, -0.05) is 50.7 Å². The lowest BCUT2D eigenvalue weighted by Gasteiger charge is -2.17. The summed E-state index contributed by atoms with van der Waals surface area (Å²) in [6, 6.07) is 7.50. The Kier molecular flexibility index (Phi) is 6.41. The molecule has 0 amide bonds. The molecule has 0 spiro atoms. The van der Waals surface area contributed by atoms with Crippen LogP contribution in [0.15, 0.2) is 38.0 Å². The SMILES string of the molecule is C[S+](/N=C(\[O-])OCC(Cl)(Cl)Cl)c1ccc(Br)cc1. The highest BCUT2D eigenvalue weighted by atomic mass is 79.9. The Morgan fingerprint density at radius 1 is 1.39 bits per heavy atom. The van der Waals surface area contributed by atoms with Crippen molar-refractivity contribution in [2.45, 2.75) is 8.69 Å². The number of benzene rings is 1. The van der Waals surface area contributed by atoms with E-state index in [0.717, 1.165) is 9.37 Å². The van der Waals surface area contributed by atoms with E-state index < -0.39 is 21.0 Å². The van der Waals surface area contributed by atoms with Gasteiger partial charge in [-0.15, -0.1) is 0 Å². The van der Waals surface area contributed by atoms with Gasteiger partial charge in [0.05, 0.1) is 0 Å². The van der Waals surface area contributed by atoms with Crippen LogP contribution in [0.4, 0.5) is 0 Å². The quantitative estimate of drug-likeness (QED) is 0.343. The van der Waals surface area contributed by atoms with E-state index in [4.69, 9.17) is 39.5 Å². The molecule has 0 heterocycles. The second-order valence-electron chi connectivity index (χ2n) is 3.19. The summed E-state index contributed by atoms with van der Waals surface area (Å²) in [5.74, 6) is 0. The summed E-state index contributed by atoms with van der Waals surface area (Å²) in [5.41, 5.74) is 0. The second-order valence-corrected chi connectivity index (χ2v) is 8.23. The number of halogens is 4. The first kappa shape index (κ1) is 16.2. The summed E-state index contributed by atoms with van der Waals surface area (Å²) in [5, 5.41) is 11.4. The highest BCUT2D eigenvalue weighted by Crippen LogP contribution is 2.26. The van der Waals surface area contributed by atoms with E-state index in [1.165, 1.54) is 0 Å². The fraction of sp³-hybridized carbons (Fsp3) is 0.300. The number of hydrogen-bond donors (Lipinski definition) is 0. The van der Waals surface area contributed by atoms with Crippen molar-refractivity contribution in [2.75, 3.05) is 12.9 Å². The average Bonchev–Trinajstić information content (AvgIpc) is 2.26. The zero-order valence-electron chi connectivity index (χ0n) is 9.20. The van der Waals surface area contributed by atoms with Gasteiger partial charge < -0.3 is 9.84 Å². The fourth-order valence-corrected chi connectivity index (χ4v) is 2.31. The summed E-state index contributed by atoms with van der Waals surface area (Å²) in [4.78, 5) is 0.920. The van der Waals surface area contributed by atoms with Crippen LogP contribution in [0.5, 0.6) is 0 Å². The Morgan fingerprint density at radius 2 is 1.94 bits per heavy atom. The van der Waals surface area contributed by atoms with Crippen molar-refractivity contribution >= 4 is 67.9 Å². The van der Waals surface area contributed by atoms with Crippen LogP contribution < -0.4 is 5.11 Å². The van der Waals surface area contributed by atoms with Crippen LogP contribution in [0.1, 0.15) is 0 Å². The van der Waals surface area contributed by atoms with E-state index in [9.17, 15) is 5.11 Å². The third-order valence-electron chi connectivity index (χ3n) is 1.73. The molecule has 0 fully saturated rings. The van der Waals surface area contributed by atoms with E-state index in [1.54, 1.807) is 6.26 Å². The first-order chi connectivity index (χ1) is 8.28.